The largest absolute Gasteiger partial charge is 0.269 e. The van der Waals surface area contributed by atoms with Gasteiger partial charge in [0.05, 0.1) is 5.02 Å². The van der Waals surface area contributed by atoms with Crippen molar-refractivity contribution in [2.24, 2.45) is 5.14 Å². The average Bonchev–Trinajstić information content (AvgIpc) is 3.06. The molecule has 0 atom stereocenters. The van der Waals surface area contributed by atoms with Gasteiger partial charge in [0.15, 0.2) is 0 Å². The Bertz CT molecular complexity index is 1010. The number of primary sulfonamides is 1. The Kier molecular flexibility index (Phi) is 4.99. The number of carbonyl (C=O) groups excluding carboxylic acids is 2. The summed E-state index contributed by atoms with van der Waals surface area (Å²) >= 11 is 5.78. The number of hydrogen-bond acceptors (Lipinski definition) is 4. The topological polar surface area (TPSA) is 118 Å². The van der Waals surface area contributed by atoms with E-state index in [2.05, 4.69) is 10.9 Å². The van der Waals surface area contributed by atoms with Gasteiger partial charge in [-0.3, -0.25) is 20.4 Å². The number of benzene rings is 2. The van der Waals surface area contributed by atoms with Crippen LogP contribution in [-0.2, 0) is 22.9 Å². The van der Waals surface area contributed by atoms with E-state index in [1.54, 1.807) is 6.07 Å². The smallest absolute Gasteiger partial charge is 0.267 e. The number of nitrogens with one attached hydrogen (secondary N) is 2. The van der Waals surface area contributed by atoms with Gasteiger partial charge in [0.1, 0.15) is 4.90 Å². The molecule has 2 aromatic rings. The van der Waals surface area contributed by atoms with Crippen LogP contribution in [0.15, 0.2) is 41.3 Å². The summed E-state index contributed by atoms with van der Waals surface area (Å²) in [7, 11) is -4.07. The lowest BCUT2D eigenvalue weighted by atomic mass is 10.1. The maximum absolute atomic E-state index is 12.2. The zero-order valence-corrected chi connectivity index (χ0v) is 15.2. The van der Waals surface area contributed by atoms with Crippen molar-refractivity contribution in [3.8, 4) is 0 Å². The van der Waals surface area contributed by atoms with Gasteiger partial charge in [0.2, 0.25) is 10.0 Å². The minimum Gasteiger partial charge on any atom is -0.267 e. The van der Waals surface area contributed by atoms with Crippen LogP contribution in [-0.4, -0.2) is 20.2 Å². The molecule has 1 aliphatic carbocycles. The molecule has 4 N–H and O–H groups in total. The molecule has 2 aromatic carbocycles. The van der Waals surface area contributed by atoms with Crippen LogP contribution in [0.3, 0.4) is 0 Å². The molecule has 7 nitrogen and oxygen atoms in total. The summed E-state index contributed by atoms with van der Waals surface area (Å²) in [5, 5.41) is 4.96. The summed E-state index contributed by atoms with van der Waals surface area (Å²) in [6, 6.07) is 9.05. The van der Waals surface area contributed by atoms with E-state index in [0.29, 0.717) is 5.56 Å². The van der Waals surface area contributed by atoms with E-state index < -0.39 is 21.8 Å². The van der Waals surface area contributed by atoms with Crippen molar-refractivity contribution >= 4 is 33.4 Å². The quantitative estimate of drug-likeness (QED) is 0.685. The Morgan fingerprint density at radius 3 is 2.15 bits per heavy atom. The highest BCUT2D eigenvalue weighted by molar-refractivity contribution is 7.89. The second-order valence-corrected chi connectivity index (χ2v) is 7.87. The van der Waals surface area contributed by atoms with Crippen molar-refractivity contribution in [3.63, 3.8) is 0 Å². The van der Waals surface area contributed by atoms with Crippen LogP contribution in [0.25, 0.3) is 0 Å². The van der Waals surface area contributed by atoms with E-state index in [4.69, 9.17) is 16.7 Å². The number of amides is 2. The number of carbonyl (C=O) groups is 2. The lowest BCUT2D eigenvalue weighted by Crippen LogP contribution is -2.41. The molecule has 0 unspecified atom stereocenters. The molecule has 0 radical (unpaired) electrons. The summed E-state index contributed by atoms with van der Waals surface area (Å²) < 4.78 is 22.9. The van der Waals surface area contributed by atoms with E-state index in [-0.39, 0.29) is 15.5 Å². The van der Waals surface area contributed by atoms with Gasteiger partial charge in [-0.15, -0.1) is 0 Å². The van der Waals surface area contributed by atoms with Crippen molar-refractivity contribution in [1.82, 2.24) is 10.9 Å². The molecule has 0 fully saturated rings. The van der Waals surface area contributed by atoms with Gasteiger partial charge in [-0.1, -0.05) is 17.7 Å². The van der Waals surface area contributed by atoms with Gasteiger partial charge >= 0.3 is 0 Å². The van der Waals surface area contributed by atoms with Gasteiger partial charge < -0.3 is 0 Å². The third-order valence-electron chi connectivity index (χ3n) is 4.15. The minimum absolute atomic E-state index is 0.00678. The van der Waals surface area contributed by atoms with E-state index in [1.165, 1.54) is 17.7 Å². The number of halogens is 1. The van der Waals surface area contributed by atoms with Crippen molar-refractivity contribution in [2.45, 2.75) is 24.2 Å². The Morgan fingerprint density at radius 1 is 0.923 bits per heavy atom. The highest BCUT2D eigenvalue weighted by Crippen LogP contribution is 2.23. The Hall–Kier alpha value is -2.42. The lowest BCUT2D eigenvalue weighted by molar-refractivity contribution is 0.0846. The van der Waals surface area contributed by atoms with Gasteiger partial charge in [-0.05, 0) is 60.7 Å². The van der Waals surface area contributed by atoms with Crippen LogP contribution >= 0.6 is 11.6 Å². The molecule has 2 amide bonds. The second-order valence-electron chi connectivity index (χ2n) is 5.94. The minimum atomic E-state index is -4.07. The molecule has 0 aliphatic heterocycles. The summed E-state index contributed by atoms with van der Waals surface area (Å²) in [5.74, 6) is -1.16. The number of fused-ring (bicyclic) bond motifs is 1. The highest BCUT2D eigenvalue weighted by Gasteiger charge is 2.18. The van der Waals surface area contributed by atoms with Crippen molar-refractivity contribution < 1.29 is 18.0 Å². The number of sulfonamides is 1. The summed E-state index contributed by atoms with van der Waals surface area (Å²) in [4.78, 5) is 24.0. The molecule has 0 bridgehead atoms. The first kappa shape index (κ1) is 18.4. The van der Waals surface area contributed by atoms with E-state index >= 15 is 0 Å². The van der Waals surface area contributed by atoms with Crippen LogP contribution in [0.1, 0.15) is 38.3 Å². The molecule has 26 heavy (non-hydrogen) atoms. The molecule has 0 heterocycles. The predicted octanol–water partition coefficient (Wildman–Crippen LogP) is 1.55. The monoisotopic (exact) mass is 393 g/mol. The third kappa shape index (κ3) is 3.87. The normalized spacial score (nSPS) is 13.2. The molecule has 136 valence electrons. The Labute approximate surface area is 155 Å². The van der Waals surface area contributed by atoms with Crippen LogP contribution in [0.4, 0.5) is 0 Å². The number of aryl methyl sites for hydroxylation is 2. The van der Waals surface area contributed by atoms with Crippen LogP contribution in [0, 0.1) is 0 Å². The summed E-state index contributed by atoms with van der Waals surface area (Å²) in [6.45, 7) is 0. The van der Waals surface area contributed by atoms with Crippen LogP contribution in [0.5, 0.6) is 0 Å². The molecule has 3 rings (SSSR count). The fourth-order valence-electron chi connectivity index (χ4n) is 2.83. The average molecular weight is 394 g/mol. The molecule has 9 heteroatoms. The van der Waals surface area contributed by atoms with Gasteiger partial charge in [-0.2, -0.15) is 0 Å². The molecule has 0 saturated carbocycles. The van der Waals surface area contributed by atoms with Crippen molar-refractivity contribution in [3.05, 3.63) is 63.7 Å². The lowest BCUT2D eigenvalue weighted by Gasteiger charge is -2.10. The van der Waals surface area contributed by atoms with Crippen LogP contribution < -0.4 is 16.0 Å². The van der Waals surface area contributed by atoms with Gasteiger partial charge in [0.25, 0.3) is 11.8 Å². The summed E-state index contributed by atoms with van der Waals surface area (Å²) in [6.07, 6.45) is 3.01. The molecule has 0 spiro atoms. The first-order valence-corrected chi connectivity index (χ1v) is 9.73. The second kappa shape index (κ2) is 7.06. The molecule has 0 saturated heterocycles. The van der Waals surface area contributed by atoms with E-state index in [0.717, 1.165) is 30.9 Å². The highest BCUT2D eigenvalue weighted by atomic mass is 35.5. The SMILES string of the molecule is NS(=O)(=O)c1cc(C(=O)NNC(=O)c2ccc3c(c2)CCC3)ccc1Cl. The zero-order valence-electron chi connectivity index (χ0n) is 13.6. The Balaban J connectivity index is 1.70. The van der Waals surface area contributed by atoms with E-state index in [1.807, 2.05) is 12.1 Å². The third-order valence-corrected chi connectivity index (χ3v) is 5.54. The van der Waals surface area contributed by atoms with Gasteiger partial charge in [0, 0.05) is 11.1 Å². The number of nitrogens with two attached hydrogens (primary N) is 1. The van der Waals surface area contributed by atoms with E-state index in [9.17, 15) is 18.0 Å². The first-order chi connectivity index (χ1) is 12.3. The Morgan fingerprint density at radius 2 is 1.50 bits per heavy atom. The molecule has 0 aromatic heterocycles. The maximum Gasteiger partial charge on any atom is 0.269 e. The zero-order chi connectivity index (χ0) is 18.9. The van der Waals surface area contributed by atoms with Gasteiger partial charge in [-0.25, -0.2) is 13.6 Å². The molecular weight excluding hydrogens is 378 g/mol. The first-order valence-electron chi connectivity index (χ1n) is 7.80. The van der Waals surface area contributed by atoms with Crippen molar-refractivity contribution in [2.75, 3.05) is 0 Å². The number of hydrogen-bond donors (Lipinski definition) is 3. The summed E-state index contributed by atoms with van der Waals surface area (Å²) in [5.41, 5.74) is 7.36. The molecular formula is C17H16ClN3O4S. The predicted molar refractivity (Wildman–Crippen MR) is 96.2 cm³/mol. The van der Waals surface area contributed by atoms with Crippen LogP contribution in [0.2, 0.25) is 5.02 Å². The van der Waals surface area contributed by atoms with Crippen molar-refractivity contribution in [1.29, 1.82) is 0 Å². The molecule has 1 aliphatic rings. The maximum atomic E-state index is 12.2. The fraction of sp³-hybridized carbons (Fsp3) is 0.176. The number of hydrazine groups is 1. The standard InChI is InChI=1S/C17H16ClN3O4S/c18-14-7-6-13(9-15(14)26(19,24)25)17(23)21-20-16(22)12-5-4-10-2-1-3-11(10)8-12/h4-9H,1-3H2,(H,20,22)(H,21,23)(H2,19,24,25). The fourth-order valence-corrected chi connectivity index (χ4v) is 3.90. The number of rotatable bonds is 3.